The minimum atomic E-state index is -0.550. The summed E-state index contributed by atoms with van der Waals surface area (Å²) in [5.41, 5.74) is 6.43. The van der Waals surface area contributed by atoms with Crippen molar-refractivity contribution in [2.24, 2.45) is 0 Å². The maximum atomic E-state index is 11.2. The van der Waals surface area contributed by atoms with Gasteiger partial charge in [0, 0.05) is 19.0 Å². The van der Waals surface area contributed by atoms with Crippen LogP contribution in [0.3, 0.4) is 0 Å². The van der Waals surface area contributed by atoms with Crippen molar-refractivity contribution in [2.75, 3.05) is 12.3 Å². The highest BCUT2D eigenvalue weighted by molar-refractivity contribution is 6.56. The van der Waals surface area contributed by atoms with Gasteiger partial charge in [-0.1, -0.05) is 6.08 Å². The number of nitrogens with two attached hydrogens (primary N) is 1. The molecule has 1 aromatic rings. The molecule has 0 spiro atoms. The normalized spacial score (nSPS) is 20.2. The second kappa shape index (κ2) is 5.77. The molecule has 0 bridgehead atoms. The summed E-state index contributed by atoms with van der Waals surface area (Å²) < 4.78 is 12.1. The van der Waals surface area contributed by atoms with E-state index in [9.17, 15) is 4.79 Å². The van der Waals surface area contributed by atoms with Crippen molar-refractivity contribution >= 4 is 24.9 Å². The van der Waals surface area contributed by atoms with Gasteiger partial charge in [0.25, 0.3) is 0 Å². The van der Waals surface area contributed by atoms with Crippen molar-refractivity contribution in [3.8, 4) is 0 Å². The molecule has 0 radical (unpaired) electrons. The highest BCUT2D eigenvalue weighted by Gasteiger charge is 2.52. The van der Waals surface area contributed by atoms with Crippen LogP contribution in [-0.2, 0) is 14.1 Å². The van der Waals surface area contributed by atoms with Gasteiger partial charge in [-0.05, 0) is 33.2 Å². The predicted molar refractivity (Wildman–Crippen MR) is 85.7 cm³/mol. The molecule has 1 aromatic heterocycles. The molecule has 2 heterocycles. The van der Waals surface area contributed by atoms with Crippen LogP contribution < -0.4 is 11.1 Å². The number of amides is 1. The molecule has 1 saturated heterocycles. The van der Waals surface area contributed by atoms with Crippen LogP contribution in [0.5, 0.6) is 0 Å². The van der Waals surface area contributed by atoms with Crippen LogP contribution in [0.1, 0.15) is 40.2 Å². The summed E-state index contributed by atoms with van der Waals surface area (Å²) in [6.45, 7) is 9.71. The van der Waals surface area contributed by atoms with E-state index in [4.69, 9.17) is 15.0 Å². The maximum Gasteiger partial charge on any atom is 0.492 e. The molecule has 1 aliphatic heterocycles. The van der Waals surface area contributed by atoms with E-state index in [1.165, 1.54) is 6.92 Å². The first-order valence-electron chi connectivity index (χ1n) is 7.22. The molecule has 2 rings (SSSR count). The summed E-state index contributed by atoms with van der Waals surface area (Å²) in [5.74, 6) is 0.333. The van der Waals surface area contributed by atoms with Gasteiger partial charge < -0.3 is 20.4 Å². The largest absolute Gasteiger partial charge is 0.492 e. The van der Waals surface area contributed by atoms with E-state index in [1.807, 2.05) is 33.8 Å². The third-order valence-corrected chi connectivity index (χ3v) is 4.14. The fraction of sp³-hybridized carbons (Fsp3) is 0.571. The third kappa shape index (κ3) is 3.33. The first-order chi connectivity index (χ1) is 10.1. The minimum absolute atomic E-state index is 0.123. The zero-order valence-corrected chi connectivity index (χ0v) is 13.7. The number of aromatic nitrogens is 2. The van der Waals surface area contributed by atoms with Gasteiger partial charge in [0.15, 0.2) is 0 Å². The summed E-state index contributed by atoms with van der Waals surface area (Å²) in [5, 5.41) is 9.34. The Hall–Kier alpha value is -1.80. The SMILES string of the molecule is CC(=O)NCC(=Cc1cn[nH]c1N)B1OC(C)(C)C(C)(C)O1. The molecule has 0 atom stereocenters. The number of nitrogens with zero attached hydrogens (tertiary/aromatic N) is 1. The van der Waals surface area contributed by atoms with Gasteiger partial charge in [0.2, 0.25) is 5.91 Å². The molecule has 1 amide bonds. The number of hydrogen-bond acceptors (Lipinski definition) is 5. The first kappa shape index (κ1) is 16.6. The lowest BCUT2D eigenvalue weighted by molar-refractivity contribution is -0.118. The Kier molecular flexibility index (Phi) is 4.35. The van der Waals surface area contributed by atoms with E-state index in [1.54, 1.807) is 6.20 Å². The highest BCUT2D eigenvalue weighted by atomic mass is 16.7. The van der Waals surface area contributed by atoms with Gasteiger partial charge in [0.05, 0.1) is 17.4 Å². The van der Waals surface area contributed by atoms with E-state index in [0.29, 0.717) is 12.4 Å². The molecular weight excluding hydrogens is 283 g/mol. The fourth-order valence-corrected chi connectivity index (χ4v) is 2.04. The summed E-state index contributed by atoms with van der Waals surface area (Å²) in [6, 6.07) is 0. The molecule has 0 saturated carbocycles. The first-order valence-corrected chi connectivity index (χ1v) is 7.22. The lowest BCUT2D eigenvalue weighted by atomic mass is 9.77. The Labute approximate surface area is 130 Å². The highest BCUT2D eigenvalue weighted by Crippen LogP contribution is 2.38. The van der Waals surface area contributed by atoms with Crippen molar-refractivity contribution in [3.63, 3.8) is 0 Å². The van der Waals surface area contributed by atoms with Gasteiger partial charge in [-0.2, -0.15) is 5.10 Å². The van der Waals surface area contributed by atoms with Gasteiger partial charge in [-0.25, -0.2) is 0 Å². The van der Waals surface area contributed by atoms with Crippen LogP contribution in [-0.4, -0.2) is 41.0 Å². The molecule has 120 valence electrons. The number of carbonyl (C=O) groups is 1. The summed E-state index contributed by atoms with van der Waals surface area (Å²) in [7, 11) is -0.550. The number of nitrogens with one attached hydrogen (secondary N) is 2. The Morgan fingerprint density at radius 2 is 2.00 bits per heavy atom. The number of rotatable bonds is 4. The van der Waals surface area contributed by atoms with Crippen LogP contribution >= 0.6 is 0 Å². The molecule has 7 nitrogen and oxygen atoms in total. The number of nitrogen functional groups attached to an aromatic ring is 1. The van der Waals surface area contributed by atoms with E-state index < -0.39 is 18.3 Å². The molecule has 0 aromatic carbocycles. The van der Waals surface area contributed by atoms with Gasteiger partial charge in [0.1, 0.15) is 5.82 Å². The fourth-order valence-electron chi connectivity index (χ4n) is 2.04. The molecule has 1 fully saturated rings. The quantitative estimate of drug-likeness (QED) is 0.724. The Bertz CT molecular complexity index is 579. The van der Waals surface area contributed by atoms with E-state index in [-0.39, 0.29) is 5.91 Å². The van der Waals surface area contributed by atoms with Crippen LogP contribution in [0.4, 0.5) is 5.82 Å². The van der Waals surface area contributed by atoms with E-state index in [0.717, 1.165) is 11.0 Å². The van der Waals surface area contributed by atoms with Gasteiger partial charge in [-0.3, -0.25) is 9.89 Å². The average Bonchev–Trinajstić information content (AvgIpc) is 2.86. The summed E-state index contributed by atoms with van der Waals surface area (Å²) in [6.07, 6.45) is 3.45. The average molecular weight is 306 g/mol. The lowest BCUT2D eigenvalue weighted by Crippen LogP contribution is -2.41. The van der Waals surface area contributed by atoms with Gasteiger partial charge >= 0.3 is 7.12 Å². The molecule has 0 unspecified atom stereocenters. The topological polar surface area (TPSA) is 102 Å². The Morgan fingerprint density at radius 1 is 1.41 bits per heavy atom. The van der Waals surface area contributed by atoms with Crippen molar-refractivity contribution in [2.45, 2.75) is 45.8 Å². The number of H-pyrrole nitrogens is 1. The molecule has 0 aliphatic carbocycles. The molecule has 1 aliphatic rings. The van der Waals surface area contributed by atoms with Crippen LogP contribution in [0.25, 0.3) is 6.08 Å². The monoisotopic (exact) mass is 306 g/mol. The standard InChI is InChI=1S/C14H23BN4O3/c1-9(20)17-8-11(6-10-7-18-19-12(10)16)15-21-13(2,3)14(4,5)22-15/h6-7H,8H2,1-5H3,(H,17,20)(H3,16,18,19). The van der Waals surface area contributed by atoms with Crippen molar-refractivity contribution in [1.29, 1.82) is 0 Å². The maximum absolute atomic E-state index is 11.2. The van der Waals surface area contributed by atoms with Gasteiger partial charge in [-0.15, -0.1) is 0 Å². The van der Waals surface area contributed by atoms with Crippen molar-refractivity contribution in [3.05, 3.63) is 17.2 Å². The Balaban J connectivity index is 2.28. The lowest BCUT2D eigenvalue weighted by Gasteiger charge is -2.32. The zero-order valence-electron chi connectivity index (χ0n) is 13.7. The number of aromatic amines is 1. The van der Waals surface area contributed by atoms with Crippen LogP contribution in [0.15, 0.2) is 11.7 Å². The smallest absolute Gasteiger partial charge is 0.400 e. The number of anilines is 1. The molecular formula is C14H23BN4O3. The van der Waals surface area contributed by atoms with E-state index in [2.05, 4.69) is 15.5 Å². The summed E-state index contributed by atoms with van der Waals surface area (Å²) in [4.78, 5) is 11.2. The van der Waals surface area contributed by atoms with Crippen LogP contribution in [0, 0.1) is 0 Å². The minimum Gasteiger partial charge on any atom is -0.400 e. The predicted octanol–water partition coefficient (Wildman–Crippen LogP) is 1.14. The zero-order chi connectivity index (χ0) is 16.5. The number of carbonyl (C=O) groups excluding carboxylic acids is 1. The molecule has 22 heavy (non-hydrogen) atoms. The molecule has 4 N–H and O–H groups in total. The van der Waals surface area contributed by atoms with Crippen LogP contribution in [0.2, 0.25) is 0 Å². The van der Waals surface area contributed by atoms with Crippen molar-refractivity contribution < 1.29 is 14.1 Å². The Morgan fingerprint density at radius 3 is 2.45 bits per heavy atom. The third-order valence-electron chi connectivity index (χ3n) is 4.14. The summed E-state index contributed by atoms with van der Waals surface area (Å²) >= 11 is 0. The van der Waals surface area contributed by atoms with Crippen molar-refractivity contribution in [1.82, 2.24) is 15.5 Å². The second-order valence-corrected chi connectivity index (χ2v) is 6.46. The number of hydrogen-bond donors (Lipinski definition) is 3. The second-order valence-electron chi connectivity index (χ2n) is 6.46. The van der Waals surface area contributed by atoms with E-state index >= 15 is 0 Å². The molecule has 8 heteroatoms.